The van der Waals surface area contributed by atoms with Crippen molar-refractivity contribution in [3.63, 3.8) is 0 Å². The smallest absolute Gasteiger partial charge is 0.412 e. The highest BCUT2D eigenvalue weighted by Crippen LogP contribution is 2.43. The molecule has 0 saturated carbocycles. The van der Waals surface area contributed by atoms with Crippen molar-refractivity contribution in [2.45, 2.75) is 44.7 Å². The van der Waals surface area contributed by atoms with Crippen molar-refractivity contribution in [1.29, 1.82) is 0 Å². The molecule has 0 N–H and O–H groups in total. The predicted octanol–water partition coefficient (Wildman–Crippen LogP) is 4.88. The number of benzene rings is 1. The van der Waals surface area contributed by atoms with Gasteiger partial charge in [0.25, 0.3) is 0 Å². The highest BCUT2D eigenvalue weighted by molar-refractivity contribution is 7.99. The molecule has 4 heterocycles. The van der Waals surface area contributed by atoms with Crippen LogP contribution in [0.2, 0.25) is 0 Å². The van der Waals surface area contributed by atoms with Gasteiger partial charge in [-0.05, 0) is 39.8 Å². The SMILES string of the molecule is Cc1c(C(=O)[C@@H]2CSC(c3cccnc3)N2C(=O)OC(C)(C)C)c2ccccc2n1C(=O)N1CCOCC1. The molecule has 0 spiro atoms. The van der Waals surface area contributed by atoms with E-state index in [1.54, 1.807) is 49.6 Å². The summed E-state index contributed by atoms with van der Waals surface area (Å²) >= 11 is 1.50. The van der Waals surface area contributed by atoms with Crippen LogP contribution in [-0.2, 0) is 9.47 Å². The number of ether oxygens (including phenoxy) is 2. The van der Waals surface area contributed by atoms with Crippen molar-refractivity contribution in [2.75, 3.05) is 32.1 Å². The first kappa shape index (κ1) is 26.2. The van der Waals surface area contributed by atoms with Crippen LogP contribution in [0, 0.1) is 6.92 Å². The maximum absolute atomic E-state index is 14.3. The molecule has 2 saturated heterocycles. The average molecular weight is 537 g/mol. The Morgan fingerprint density at radius 3 is 2.50 bits per heavy atom. The molecule has 2 aromatic heterocycles. The van der Waals surface area contributed by atoms with Crippen molar-refractivity contribution >= 4 is 40.6 Å². The number of rotatable bonds is 3. The lowest BCUT2D eigenvalue weighted by Gasteiger charge is -2.31. The van der Waals surface area contributed by atoms with E-state index < -0.39 is 23.1 Å². The molecule has 2 fully saturated rings. The topological polar surface area (TPSA) is 94.0 Å². The highest BCUT2D eigenvalue weighted by Gasteiger charge is 2.45. The van der Waals surface area contributed by atoms with Gasteiger partial charge in [-0.3, -0.25) is 19.2 Å². The molecule has 2 amide bonds. The molecule has 5 rings (SSSR count). The van der Waals surface area contributed by atoms with Gasteiger partial charge in [0.2, 0.25) is 0 Å². The van der Waals surface area contributed by atoms with E-state index in [-0.39, 0.29) is 11.8 Å². The third kappa shape index (κ3) is 4.90. The summed E-state index contributed by atoms with van der Waals surface area (Å²) in [6, 6.07) is 10.2. The number of amides is 2. The number of carbonyl (C=O) groups is 3. The predicted molar refractivity (Wildman–Crippen MR) is 145 cm³/mol. The molecular weight excluding hydrogens is 504 g/mol. The van der Waals surface area contributed by atoms with Gasteiger partial charge in [0, 0.05) is 53.4 Å². The maximum Gasteiger partial charge on any atom is 0.412 e. The van der Waals surface area contributed by atoms with E-state index in [0.29, 0.717) is 54.2 Å². The first-order valence-electron chi connectivity index (χ1n) is 12.7. The molecule has 1 aromatic carbocycles. The summed E-state index contributed by atoms with van der Waals surface area (Å²) in [5.74, 6) is 0.186. The Balaban J connectivity index is 1.56. The largest absolute Gasteiger partial charge is 0.444 e. The first-order valence-corrected chi connectivity index (χ1v) is 13.8. The van der Waals surface area contributed by atoms with Gasteiger partial charge in [-0.2, -0.15) is 0 Å². The van der Waals surface area contributed by atoms with Gasteiger partial charge in [0.15, 0.2) is 5.78 Å². The zero-order valence-electron chi connectivity index (χ0n) is 22.0. The number of thioether (sulfide) groups is 1. The number of pyridine rings is 1. The van der Waals surface area contributed by atoms with Crippen LogP contribution < -0.4 is 0 Å². The zero-order valence-corrected chi connectivity index (χ0v) is 22.9. The Morgan fingerprint density at radius 2 is 1.82 bits per heavy atom. The van der Waals surface area contributed by atoms with E-state index in [1.165, 1.54) is 16.7 Å². The maximum atomic E-state index is 14.3. The number of hydrogen-bond acceptors (Lipinski definition) is 7. The van der Waals surface area contributed by atoms with Crippen molar-refractivity contribution < 1.29 is 23.9 Å². The van der Waals surface area contributed by atoms with Crippen LogP contribution in [0.4, 0.5) is 9.59 Å². The summed E-state index contributed by atoms with van der Waals surface area (Å²) in [4.78, 5) is 48.9. The summed E-state index contributed by atoms with van der Waals surface area (Å²) in [6.07, 6.45) is 2.83. The minimum atomic E-state index is -0.767. The Morgan fingerprint density at radius 1 is 1.08 bits per heavy atom. The standard InChI is InChI=1S/C28H32N4O5S/c1-18-23(20-9-5-6-10-21(20)31(18)26(34)30-12-14-36-15-13-30)24(33)22-17-38-25(19-8-7-11-29-16-19)32(22)27(35)37-28(2,3)4/h5-11,16,22,25H,12-15,17H2,1-4H3/t22-,25?/m0/s1. The van der Waals surface area contributed by atoms with Crippen LogP contribution in [0.3, 0.4) is 0 Å². The molecule has 200 valence electrons. The van der Waals surface area contributed by atoms with Crippen LogP contribution in [0.25, 0.3) is 10.9 Å². The summed E-state index contributed by atoms with van der Waals surface area (Å²) in [5.41, 5.74) is 1.77. The van der Waals surface area contributed by atoms with Gasteiger partial charge < -0.3 is 14.4 Å². The number of nitrogens with zero attached hydrogens (tertiary/aromatic N) is 4. The van der Waals surface area contributed by atoms with Crippen molar-refractivity contribution in [2.24, 2.45) is 0 Å². The number of para-hydroxylation sites is 1. The molecule has 3 aromatic rings. The third-order valence-electron chi connectivity index (χ3n) is 6.71. The van der Waals surface area contributed by atoms with E-state index in [4.69, 9.17) is 9.47 Å². The quantitative estimate of drug-likeness (QED) is 0.441. The van der Waals surface area contributed by atoms with E-state index in [9.17, 15) is 14.4 Å². The Hall–Kier alpha value is -3.37. The van der Waals surface area contributed by atoms with Crippen molar-refractivity contribution in [1.82, 2.24) is 19.4 Å². The minimum Gasteiger partial charge on any atom is -0.444 e. The highest BCUT2D eigenvalue weighted by atomic mass is 32.2. The number of aromatic nitrogens is 2. The van der Waals surface area contributed by atoms with Crippen LogP contribution in [0.15, 0.2) is 48.8 Å². The normalized spacial score (nSPS) is 20.1. The lowest BCUT2D eigenvalue weighted by molar-refractivity contribution is 0.0172. The average Bonchev–Trinajstić information content (AvgIpc) is 3.47. The second kappa shape index (κ2) is 10.4. The molecule has 38 heavy (non-hydrogen) atoms. The molecule has 2 aliphatic rings. The molecule has 10 heteroatoms. The molecule has 2 aliphatic heterocycles. The van der Waals surface area contributed by atoms with Gasteiger partial charge in [-0.25, -0.2) is 9.59 Å². The monoisotopic (exact) mass is 536 g/mol. The molecule has 0 aliphatic carbocycles. The Labute approximate surface area is 226 Å². The zero-order chi connectivity index (χ0) is 27.0. The van der Waals surface area contributed by atoms with E-state index in [2.05, 4.69) is 4.98 Å². The number of fused-ring (bicyclic) bond motifs is 1. The first-order chi connectivity index (χ1) is 18.2. The molecule has 0 radical (unpaired) electrons. The summed E-state index contributed by atoms with van der Waals surface area (Å²) in [5, 5.41) is 0.270. The number of ketones is 1. The van der Waals surface area contributed by atoms with Gasteiger partial charge in [-0.15, -0.1) is 11.8 Å². The van der Waals surface area contributed by atoms with Crippen LogP contribution in [0.1, 0.15) is 47.8 Å². The number of Topliss-reactive ketones (excluding diaryl/α,β-unsaturated/α-hetero) is 1. The van der Waals surface area contributed by atoms with Gasteiger partial charge in [0.1, 0.15) is 17.0 Å². The van der Waals surface area contributed by atoms with Crippen LogP contribution >= 0.6 is 11.8 Å². The summed E-state index contributed by atoms with van der Waals surface area (Å²) in [6.45, 7) is 9.16. The fraction of sp³-hybridized carbons (Fsp3) is 0.429. The molecule has 2 atom stereocenters. The molecular formula is C28H32N4O5S. The number of morpholine rings is 1. The van der Waals surface area contributed by atoms with Crippen molar-refractivity contribution in [3.05, 3.63) is 65.6 Å². The molecule has 0 bridgehead atoms. The minimum absolute atomic E-state index is 0.181. The van der Waals surface area contributed by atoms with Gasteiger partial charge >= 0.3 is 12.1 Å². The Kier molecular flexibility index (Phi) is 7.19. The van der Waals surface area contributed by atoms with Crippen LogP contribution in [-0.4, -0.2) is 81.0 Å². The third-order valence-corrected chi connectivity index (χ3v) is 8.03. The summed E-state index contributed by atoms with van der Waals surface area (Å²) < 4.78 is 12.8. The molecule has 1 unspecified atom stereocenters. The fourth-order valence-corrected chi connectivity index (χ4v) is 6.41. The lowest BCUT2D eigenvalue weighted by atomic mass is 10.0. The van der Waals surface area contributed by atoms with Gasteiger partial charge in [0.05, 0.1) is 18.7 Å². The van der Waals surface area contributed by atoms with E-state index >= 15 is 0 Å². The van der Waals surface area contributed by atoms with Gasteiger partial charge in [-0.1, -0.05) is 24.3 Å². The Bertz CT molecular complexity index is 1360. The van der Waals surface area contributed by atoms with Crippen molar-refractivity contribution in [3.8, 4) is 0 Å². The van der Waals surface area contributed by atoms with E-state index in [0.717, 1.165) is 5.56 Å². The summed E-state index contributed by atoms with van der Waals surface area (Å²) in [7, 11) is 0. The van der Waals surface area contributed by atoms with Crippen LogP contribution in [0.5, 0.6) is 0 Å². The number of carbonyl (C=O) groups excluding carboxylic acids is 3. The second-order valence-corrected chi connectivity index (χ2v) is 11.5. The lowest BCUT2D eigenvalue weighted by Crippen LogP contribution is -2.45. The second-order valence-electron chi connectivity index (χ2n) is 10.4. The molecule has 9 nitrogen and oxygen atoms in total. The fourth-order valence-electron chi connectivity index (χ4n) is 5.01. The van der Waals surface area contributed by atoms with E-state index in [1.807, 2.05) is 36.4 Å². The number of hydrogen-bond donors (Lipinski definition) is 0.